The quantitative estimate of drug-likeness (QED) is 0.513. The molecule has 33 heavy (non-hydrogen) atoms. The minimum Gasteiger partial charge on any atom is -0.497 e. The van der Waals surface area contributed by atoms with Gasteiger partial charge < -0.3 is 29.6 Å². The molecule has 0 aliphatic carbocycles. The summed E-state index contributed by atoms with van der Waals surface area (Å²) in [7, 11) is 6.17. The highest BCUT2D eigenvalue weighted by Crippen LogP contribution is 2.34. The second-order valence-electron chi connectivity index (χ2n) is 6.92. The van der Waals surface area contributed by atoms with E-state index in [2.05, 4.69) is 10.6 Å². The number of benzene rings is 3. The second kappa shape index (κ2) is 10.9. The molecule has 0 saturated carbocycles. The molecule has 0 saturated heterocycles. The Bertz CT molecular complexity index is 1100. The van der Waals surface area contributed by atoms with Crippen LogP contribution in [0.3, 0.4) is 0 Å². The average molecular weight is 450 g/mol. The third kappa shape index (κ3) is 5.54. The van der Waals surface area contributed by atoms with Crippen LogP contribution in [0.5, 0.6) is 23.0 Å². The molecule has 0 heterocycles. The summed E-state index contributed by atoms with van der Waals surface area (Å²) in [6.45, 7) is 0.149. The maximum absolute atomic E-state index is 13.0. The number of ether oxygens (including phenoxy) is 4. The van der Waals surface area contributed by atoms with Gasteiger partial charge in [0.2, 0.25) is 0 Å². The zero-order valence-corrected chi connectivity index (χ0v) is 18.9. The van der Waals surface area contributed by atoms with Crippen LogP contribution in [-0.2, 0) is 6.54 Å². The third-order valence-electron chi connectivity index (χ3n) is 5.01. The Labute approximate surface area is 192 Å². The number of methoxy groups -OCH3 is 4. The van der Waals surface area contributed by atoms with Gasteiger partial charge in [-0.3, -0.25) is 9.59 Å². The van der Waals surface area contributed by atoms with Crippen molar-refractivity contribution in [3.05, 3.63) is 77.4 Å². The van der Waals surface area contributed by atoms with Crippen molar-refractivity contribution in [3.8, 4) is 23.0 Å². The number of amides is 2. The molecule has 3 aromatic carbocycles. The van der Waals surface area contributed by atoms with Crippen molar-refractivity contribution in [2.45, 2.75) is 6.54 Å². The molecule has 3 aromatic rings. The third-order valence-corrected chi connectivity index (χ3v) is 5.01. The molecule has 0 aromatic heterocycles. The summed E-state index contributed by atoms with van der Waals surface area (Å²) in [6, 6.07) is 16.9. The zero-order valence-electron chi connectivity index (χ0n) is 18.9. The first kappa shape index (κ1) is 23.5. The Morgan fingerprint density at radius 1 is 0.727 bits per heavy atom. The van der Waals surface area contributed by atoms with E-state index in [1.165, 1.54) is 14.2 Å². The molecular weight excluding hydrogens is 424 g/mol. The molecule has 172 valence electrons. The van der Waals surface area contributed by atoms with Crippen LogP contribution in [0.2, 0.25) is 0 Å². The maximum atomic E-state index is 13.0. The number of anilines is 1. The van der Waals surface area contributed by atoms with E-state index in [0.29, 0.717) is 45.4 Å². The lowest BCUT2D eigenvalue weighted by molar-refractivity contribution is 0.0951. The minimum absolute atomic E-state index is 0.149. The fourth-order valence-electron chi connectivity index (χ4n) is 3.24. The predicted octanol–water partition coefficient (Wildman–Crippen LogP) is 3.90. The van der Waals surface area contributed by atoms with Crippen LogP contribution in [0.15, 0.2) is 60.7 Å². The fourth-order valence-corrected chi connectivity index (χ4v) is 3.24. The van der Waals surface area contributed by atoms with Gasteiger partial charge in [-0.2, -0.15) is 0 Å². The van der Waals surface area contributed by atoms with E-state index in [0.717, 1.165) is 0 Å². The smallest absolute Gasteiger partial charge is 0.255 e. The van der Waals surface area contributed by atoms with Gasteiger partial charge in [0, 0.05) is 17.7 Å². The lowest BCUT2D eigenvalue weighted by Crippen LogP contribution is -2.25. The predicted molar refractivity (Wildman–Crippen MR) is 125 cm³/mol. The molecule has 0 fully saturated rings. The number of nitrogens with one attached hydrogen (secondary N) is 2. The summed E-state index contributed by atoms with van der Waals surface area (Å²) in [6.07, 6.45) is 0. The Morgan fingerprint density at radius 3 is 1.91 bits per heavy atom. The van der Waals surface area contributed by atoms with E-state index < -0.39 is 0 Å². The van der Waals surface area contributed by atoms with Gasteiger partial charge in [-0.05, 0) is 36.4 Å². The van der Waals surface area contributed by atoms with Gasteiger partial charge in [-0.25, -0.2) is 0 Å². The normalized spacial score (nSPS) is 10.2. The number of para-hydroxylation sites is 1. The van der Waals surface area contributed by atoms with Gasteiger partial charge in [0.1, 0.15) is 23.0 Å². The van der Waals surface area contributed by atoms with Crippen LogP contribution in [0.1, 0.15) is 26.3 Å². The first-order valence-corrected chi connectivity index (χ1v) is 10.1. The second-order valence-corrected chi connectivity index (χ2v) is 6.92. The van der Waals surface area contributed by atoms with E-state index in [-0.39, 0.29) is 18.4 Å². The van der Waals surface area contributed by atoms with Crippen molar-refractivity contribution in [1.29, 1.82) is 0 Å². The highest BCUT2D eigenvalue weighted by atomic mass is 16.5. The number of carbonyl (C=O) groups excluding carboxylic acids is 2. The Hall–Kier alpha value is -4.20. The van der Waals surface area contributed by atoms with Gasteiger partial charge >= 0.3 is 0 Å². The maximum Gasteiger partial charge on any atom is 0.255 e. The van der Waals surface area contributed by atoms with Crippen molar-refractivity contribution < 1.29 is 28.5 Å². The van der Waals surface area contributed by atoms with E-state index >= 15 is 0 Å². The lowest BCUT2D eigenvalue weighted by atomic mass is 10.1. The molecule has 8 heteroatoms. The SMILES string of the molecule is COc1ccc(C(=O)Nc2ccccc2C(=O)NCc2c(OC)cc(OC)cc2OC)cc1. The zero-order chi connectivity index (χ0) is 23.8. The van der Waals surface area contributed by atoms with Crippen molar-refractivity contribution in [3.63, 3.8) is 0 Å². The molecule has 0 atom stereocenters. The summed E-state index contributed by atoms with van der Waals surface area (Å²) in [5, 5.41) is 5.66. The van der Waals surface area contributed by atoms with E-state index in [4.69, 9.17) is 18.9 Å². The molecule has 8 nitrogen and oxygen atoms in total. The summed E-state index contributed by atoms with van der Waals surface area (Å²) in [4.78, 5) is 25.6. The molecule has 0 radical (unpaired) electrons. The molecule has 0 spiro atoms. The molecule has 2 N–H and O–H groups in total. The topological polar surface area (TPSA) is 95.1 Å². The van der Waals surface area contributed by atoms with Crippen LogP contribution in [0, 0.1) is 0 Å². The van der Waals surface area contributed by atoms with Crippen LogP contribution in [-0.4, -0.2) is 40.3 Å². The molecule has 0 unspecified atom stereocenters. The van der Waals surface area contributed by atoms with E-state index in [9.17, 15) is 9.59 Å². The largest absolute Gasteiger partial charge is 0.497 e. The molecular formula is C25H26N2O6. The monoisotopic (exact) mass is 450 g/mol. The first-order chi connectivity index (χ1) is 16.0. The van der Waals surface area contributed by atoms with Gasteiger partial charge in [0.15, 0.2) is 0 Å². The van der Waals surface area contributed by atoms with Crippen LogP contribution >= 0.6 is 0 Å². The summed E-state index contributed by atoms with van der Waals surface area (Å²) < 4.78 is 21.2. The standard InChI is InChI=1S/C25H26N2O6/c1-30-17-11-9-16(10-12-17)24(28)27-21-8-6-5-7-19(21)25(29)26-15-20-22(32-3)13-18(31-2)14-23(20)33-4/h5-14H,15H2,1-4H3,(H,26,29)(H,27,28). The van der Waals surface area contributed by atoms with Crippen molar-refractivity contribution in [2.24, 2.45) is 0 Å². The highest BCUT2D eigenvalue weighted by molar-refractivity contribution is 6.09. The number of carbonyl (C=O) groups is 2. The lowest BCUT2D eigenvalue weighted by Gasteiger charge is -2.16. The Balaban J connectivity index is 1.77. The molecule has 2 amide bonds. The van der Waals surface area contributed by atoms with E-state index in [1.807, 2.05) is 0 Å². The van der Waals surface area contributed by atoms with Gasteiger partial charge in [0.05, 0.1) is 51.8 Å². The molecule has 0 aliphatic rings. The highest BCUT2D eigenvalue weighted by Gasteiger charge is 2.17. The van der Waals surface area contributed by atoms with Crippen LogP contribution in [0.4, 0.5) is 5.69 Å². The van der Waals surface area contributed by atoms with Crippen LogP contribution in [0.25, 0.3) is 0 Å². The number of rotatable bonds is 9. The van der Waals surface area contributed by atoms with Crippen molar-refractivity contribution in [1.82, 2.24) is 5.32 Å². The minimum atomic E-state index is -0.361. The summed E-state index contributed by atoms with van der Waals surface area (Å²) in [5.74, 6) is 1.57. The summed E-state index contributed by atoms with van der Waals surface area (Å²) in [5.41, 5.74) is 1.82. The molecule has 0 aliphatic heterocycles. The van der Waals surface area contributed by atoms with Crippen molar-refractivity contribution >= 4 is 17.5 Å². The molecule has 0 bridgehead atoms. The fraction of sp³-hybridized carbons (Fsp3) is 0.200. The van der Waals surface area contributed by atoms with Gasteiger partial charge in [0.25, 0.3) is 11.8 Å². The number of hydrogen-bond donors (Lipinski definition) is 2. The van der Waals surface area contributed by atoms with Gasteiger partial charge in [-0.1, -0.05) is 12.1 Å². The van der Waals surface area contributed by atoms with E-state index in [1.54, 1.807) is 74.9 Å². The first-order valence-electron chi connectivity index (χ1n) is 10.1. The number of hydrogen-bond acceptors (Lipinski definition) is 6. The van der Waals surface area contributed by atoms with Crippen LogP contribution < -0.4 is 29.6 Å². The average Bonchev–Trinajstić information content (AvgIpc) is 2.86. The summed E-state index contributed by atoms with van der Waals surface area (Å²) >= 11 is 0. The Morgan fingerprint density at radius 2 is 1.33 bits per heavy atom. The van der Waals surface area contributed by atoms with Gasteiger partial charge in [-0.15, -0.1) is 0 Å². The Kier molecular flexibility index (Phi) is 7.75. The molecule has 3 rings (SSSR count). The van der Waals surface area contributed by atoms with Crippen molar-refractivity contribution in [2.75, 3.05) is 33.8 Å².